The molecule has 0 aliphatic carbocycles. The number of carbonyl (C=O) groups is 2. The average molecular weight is 330 g/mol. The smallest absolute Gasteiger partial charge is 0.341 e. The van der Waals surface area contributed by atoms with Gasteiger partial charge in [-0.1, -0.05) is 63.3 Å². The summed E-state index contributed by atoms with van der Waals surface area (Å²) in [5, 5.41) is 0. The number of hydrogen-bond donors (Lipinski definition) is 0. The maximum Gasteiger partial charge on any atom is 0.341 e. The molecule has 132 valence electrons. The van der Waals surface area contributed by atoms with Crippen LogP contribution in [0, 0.1) is 0 Å². The van der Waals surface area contributed by atoms with E-state index in [0.717, 1.165) is 12.0 Å². The molecule has 0 heterocycles. The minimum Gasteiger partial charge on any atom is -0.462 e. The second-order valence-electron chi connectivity index (χ2n) is 6.09. The van der Waals surface area contributed by atoms with Gasteiger partial charge in [0, 0.05) is 0 Å². The zero-order valence-corrected chi connectivity index (χ0v) is 15.3. The van der Waals surface area contributed by atoms with Crippen LogP contribution in [0.4, 0.5) is 0 Å². The van der Waals surface area contributed by atoms with Gasteiger partial charge >= 0.3 is 5.97 Å². The van der Waals surface area contributed by atoms with Gasteiger partial charge in [-0.05, 0) is 43.9 Å². The maximum atomic E-state index is 11.8. The van der Waals surface area contributed by atoms with Crippen LogP contribution < -0.4 is 0 Å². The van der Waals surface area contributed by atoms with Crippen molar-refractivity contribution in [3.8, 4) is 0 Å². The number of hydrogen-bond acceptors (Lipinski definition) is 3. The van der Waals surface area contributed by atoms with Gasteiger partial charge in [0.15, 0.2) is 5.78 Å². The Hall–Kier alpha value is -1.90. The van der Waals surface area contributed by atoms with Crippen molar-refractivity contribution in [3.63, 3.8) is 0 Å². The van der Waals surface area contributed by atoms with Crippen LogP contribution in [0.3, 0.4) is 0 Å². The molecule has 0 unspecified atom stereocenters. The molecule has 1 aromatic carbocycles. The summed E-state index contributed by atoms with van der Waals surface area (Å²) in [6, 6.07) is 8.05. The molecular weight excluding hydrogens is 300 g/mol. The highest BCUT2D eigenvalue weighted by Crippen LogP contribution is 2.14. The monoisotopic (exact) mass is 330 g/mol. The largest absolute Gasteiger partial charge is 0.462 e. The molecule has 0 aromatic heterocycles. The molecular formula is C21H30O3. The van der Waals surface area contributed by atoms with Crippen molar-refractivity contribution >= 4 is 17.8 Å². The Morgan fingerprint density at radius 2 is 1.58 bits per heavy atom. The van der Waals surface area contributed by atoms with Crippen LogP contribution in [0.25, 0.3) is 6.08 Å². The van der Waals surface area contributed by atoms with Gasteiger partial charge in [0.1, 0.15) is 5.57 Å². The highest BCUT2D eigenvalue weighted by atomic mass is 16.5. The molecule has 0 N–H and O–H groups in total. The van der Waals surface area contributed by atoms with Crippen LogP contribution in [0.2, 0.25) is 0 Å². The van der Waals surface area contributed by atoms with Crippen molar-refractivity contribution in [1.82, 2.24) is 0 Å². The Morgan fingerprint density at radius 3 is 2.17 bits per heavy atom. The van der Waals surface area contributed by atoms with E-state index < -0.39 is 5.97 Å². The number of carbonyl (C=O) groups excluding carboxylic acids is 2. The first kappa shape index (κ1) is 20.1. The summed E-state index contributed by atoms with van der Waals surface area (Å²) in [6.45, 7) is 5.61. The molecule has 3 nitrogen and oxygen atoms in total. The Balaban J connectivity index is 2.57. The fourth-order valence-corrected chi connectivity index (χ4v) is 2.57. The third-order valence-electron chi connectivity index (χ3n) is 3.98. The first-order chi connectivity index (χ1) is 11.6. The molecule has 0 radical (unpaired) electrons. The summed E-state index contributed by atoms with van der Waals surface area (Å²) >= 11 is 0. The summed E-state index contributed by atoms with van der Waals surface area (Å²) in [5.41, 5.74) is 2.24. The second kappa shape index (κ2) is 11.6. The van der Waals surface area contributed by atoms with Crippen molar-refractivity contribution in [2.75, 3.05) is 6.61 Å². The number of benzene rings is 1. The first-order valence-electron chi connectivity index (χ1n) is 9.07. The SMILES string of the molecule is CCCCCCCCc1ccc(/C=C(/C(C)=O)C(=O)OCC)cc1. The zero-order valence-electron chi connectivity index (χ0n) is 15.3. The van der Waals surface area contributed by atoms with Crippen LogP contribution in [0.15, 0.2) is 29.8 Å². The van der Waals surface area contributed by atoms with E-state index in [1.54, 1.807) is 13.0 Å². The van der Waals surface area contributed by atoms with E-state index in [2.05, 4.69) is 19.1 Å². The molecule has 0 spiro atoms. The summed E-state index contributed by atoms with van der Waals surface area (Å²) in [5.74, 6) is -0.828. The molecule has 1 aromatic rings. The van der Waals surface area contributed by atoms with Crippen molar-refractivity contribution in [2.45, 2.75) is 65.7 Å². The lowest BCUT2D eigenvalue weighted by atomic mass is 10.0. The molecule has 0 saturated heterocycles. The first-order valence-corrected chi connectivity index (χ1v) is 9.07. The standard InChI is InChI=1S/C21H30O3/c1-4-6-7-8-9-10-11-18-12-14-19(15-13-18)16-20(17(3)22)21(23)24-5-2/h12-16H,4-11H2,1-3H3/b20-16-. The lowest BCUT2D eigenvalue weighted by molar-refractivity contribution is -0.139. The summed E-state index contributed by atoms with van der Waals surface area (Å²) in [7, 11) is 0. The predicted octanol–water partition coefficient (Wildman–Crippen LogP) is 5.13. The Bertz CT molecular complexity index is 541. The summed E-state index contributed by atoms with van der Waals surface area (Å²) in [4.78, 5) is 23.4. The molecule has 1 rings (SSSR count). The highest BCUT2D eigenvalue weighted by molar-refractivity contribution is 6.19. The van der Waals surface area contributed by atoms with E-state index in [4.69, 9.17) is 4.74 Å². The zero-order chi connectivity index (χ0) is 17.8. The molecule has 0 aliphatic heterocycles. The van der Waals surface area contributed by atoms with Gasteiger partial charge in [-0.25, -0.2) is 4.79 Å². The fourth-order valence-electron chi connectivity index (χ4n) is 2.57. The van der Waals surface area contributed by atoms with E-state index in [0.29, 0.717) is 0 Å². The number of rotatable bonds is 11. The number of Topliss-reactive ketones (excluding diaryl/α,β-unsaturated/α-hetero) is 1. The third kappa shape index (κ3) is 7.58. The lowest BCUT2D eigenvalue weighted by Gasteiger charge is -2.05. The van der Waals surface area contributed by atoms with Gasteiger partial charge in [-0.15, -0.1) is 0 Å². The van der Waals surface area contributed by atoms with E-state index in [1.807, 2.05) is 12.1 Å². The van der Waals surface area contributed by atoms with Crippen molar-refractivity contribution in [2.24, 2.45) is 0 Å². The van der Waals surface area contributed by atoms with Crippen LogP contribution >= 0.6 is 0 Å². The molecule has 0 amide bonds. The fraction of sp³-hybridized carbons (Fsp3) is 0.524. The number of unbranched alkanes of at least 4 members (excludes halogenated alkanes) is 5. The summed E-state index contributed by atoms with van der Waals surface area (Å²) < 4.78 is 4.93. The van der Waals surface area contributed by atoms with Gasteiger partial charge in [0.2, 0.25) is 0 Å². The van der Waals surface area contributed by atoms with Crippen molar-refractivity contribution in [3.05, 3.63) is 41.0 Å². The van der Waals surface area contributed by atoms with Gasteiger partial charge in [0.25, 0.3) is 0 Å². The number of ketones is 1. The molecule has 0 atom stereocenters. The summed E-state index contributed by atoms with van der Waals surface area (Å²) in [6.07, 6.45) is 10.4. The molecule has 3 heteroatoms. The third-order valence-corrected chi connectivity index (χ3v) is 3.98. The van der Waals surface area contributed by atoms with Crippen molar-refractivity contribution < 1.29 is 14.3 Å². The van der Waals surface area contributed by atoms with E-state index in [1.165, 1.54) is 51.0 Å². The Labute approximate surface area is 146 Å². The quantitative estimate of drug-likeness (QED) is 0.186. The van der Waals surface area contributed by atoms with Crippen LogP contribution in [-0.4, -0.2) is 18.4 Å². The number of aryl methyl sites for hydroxylation is 1. The minimum absolute atomic E-state index is 0.0977. The van der Waals surface area contributed by atoms with Gasteiger partial charge in [-0.2, -0.15) is 0 Å². The lowest BCUT2D eigenvalue weighted by Crippen LogP contribution is -2.13. The topological polar surface area (TPSA) is 43.4 Å². The molecule has 0 saturated carbocycles. The normalized spacial score (nSPS) is 11.4. The highest BCUT2D eigenvalue weighted by Gasteiger charge is 2.15. The second-order valence-corrected chi connectivity index (χ2v) is 6.09. The van der Waals surface area contributed by atoms with E-state index in [-0.39, 0.29) is 18.0 Å². The van der Waals surface area contributed by atoms with E-state index >= 15 is 0 Å². The van der Waals surface area contributed by atoms with Gasteiger partial charge in [-0.3, -0.25) is 4.79 Å². The molecule has 24 heavy (non-hydrogen) atoms. The predicted molar refractivity (Wildman–Crippen MR) is 98.8 cm³/mol. The average Bonchev–Trinajstić information content (AvgIpc) is 2.57. The van der Waals surface area contributed by atoms with Gasteiger partial charge < -0.3 is 4.74 Å². The minimum atomic E-state index is -0.554. The number of esters is 1. The molecule has 0 bridgehead atoms. The van der Waals surface area contributed by atoms with Crippen LogP contribution in [0.1, 0.15) is 70.4 Å². The van der Waals surface area contributed by atoms with E-state index in [9.17, 15) is 9.59 Å². The Morgan fingerprint density at radius 1 is 0.958 bits per heavy atom. The van der Waals surface area contributed by atoms with Crippen molar-refractivity contribution in [1.29, 1.82) is 0 Å². The number of ether oxygens (including phenoxy) is 1. The van der Waals surface area contributed by atoms with Crippen LogP contribution in [-0.2, 0) is 20.7 Å². The Kier molecular flexibility index (Phi) is 9.74. The molecule has 0 fully saturated rings. The van der Waals surface area contributed by atoms with Crippen LogP contribution in [0.5, 0.6) is 0 Å². The molecule has 0 aliphatic rings. The maximum absolute atomic E-state index is 11.8. The van der Waals surface area contributed by atoms with Gasteiger partial charge in [0.05, 0.1) is 6.61 Å².